The van der Waals surface area contributed by atoms with Gasteiger partial charge in [-0.15, -0.1) is 0 Å². The number of carboxylic acids is 1. The number of para-hydroxylation sites is 1. The van der Waals surface area contributed by atoms with E-state index in [0.717, 1.165) is 11.1 Å². The molecule has 0 saturated heterocycles. The van der Waals surface area contributed by atoms with Gasteiger partial charge in [-0.3, -0.25) is 4.79 Å². The highest BCUT2D eigenvalue weighted by Gasteiger charge is 2.38. The smallest absolute Gasteiger partial charge is 0.332 e. The summed E-state index contributed by atoms with van der Waals surface area (Å²) in [7, 11) is 0. The highest BCUT2D eigenvalue weighted by Crippen LogP contribution is 2.31. The zero-order valence-corrected chi connectivity index (χ0v) is 12.9. The van der Waals surface area contributed by atoms with Crippen LogP contribution in [0.4, 0.5) is 0 Å². The number of hydrogen-bond donors (Lipinski definition) is 2. The van der Waals surface area contributed by atoms with Crippen molar-refractivity contribution in [1.82, 2.24) is 14.9 Å². The van der Waals surface area contributed by atoms with Crippen LogP contribution in [0.1, 0.15) is 33.5 Å². The van der Waals surface area contributed by atoms with Crippen molar-refractivity contribution < 1.29 is 19.1 Å². The van der Waals surface area contributed by atoms with E-state index in [0.29, 0.717) is 35.6 Å². The number of fused-ring (bicyclic) bond motifs is 2. The summed E-state index contributed by atoms with van der Waals surface area (Å²) >= 11 is 0. The third kappa shape index (κ3) is 2.09. The SMILES string of the molecule is Cc1cc2cccc(C(=O)N3CCc4[nH]cnc4[C@@H]3C(=O)O)c2o1. The molecule has 1 amide bonds. The summed E-state index contributed by atoms with van der Waals surface area (Å²) in [6, 6.07) is 6.04. The molecule has 3 heterocycles. The molecular formula is C17H15N3O4. The summed E-state index contributed by atoms with van der Waals surface area (Å²) < 4.78 is 5.64. The van der Waals surface area contributed by atoms with Gasteiger partial charge in [-0.2, -0.15) is 0 Å². The van der Waals surface area contributed by atoms with Gasteiger partial charge in [-0.05, 0) is 19.1 Å². The first-order chi connectivity index (χ1) is 11.6. The van der Waals surface area contributed by atoms with Crippen LogP contribution in [0, 0.1) is 6.92 Å². The van der Waals surface area contributed by atoms with Gasteiger partial charge in [-0.1, -0.05) is 12.1 Å². The van der Waals surface area contributed by atoms with Crippen molar-refractivity contribution in [3.05, 3.63) is 53.3 Å². The van der Waals surface area contributed by atoms with E-state index in [9.17, 15) is 14.7 Å². The normalized spacial score (nSPS) is 17.0. The van der Waals surface area contributed by atoms with E-state index in [1.54, 1.807) is 12.1 Å². The van der Waals surface area contributed by atoms with Crippen LogP contribution in [-0.4, -0.2) is 38.4 Å². The number of nitrogens with zero attached hydrogens (tertiary/aromatic N) is 2. The molecule has 0 bridgehead atoms. The summed E-state index contributed by atoms with van der Waals surface area (Å²) in [5.74, 6) is -0.761. The van der Waals surface area contributed by atoms with Gasteiger partial charge >= 0.3 is 5.97 Å². The van der Waals surface area contributed by atoms with Crippen LogP contribution in [0.2, 0.25) is 0 Å². The fourth-order valence-corrected chi connectivity index (χ4v) is 3.26. The number of rotatable bonds is 2. The van der Waals surface area contributed by atoms with Crippen LogP contribution >= 0.6 is 0 Å². The average molecular weight is 325 g/mol. The molecular weight excluding hydrogens is 310 g/mol. The maximum atomic E-state index is 13.0. The van der Waals surface area contributed by atoms with Gasteiger partial charge in [0, 0.05) is 24.0 Å². The zero-order chi connectivity index (χ0) is 16.8. The zero-order valence-electron chi connectivity index (χ0n) is 12.9. The number of furan rings is 1. The standard InChI is InChI=1S/C17H15N3O4/c1-9-7-10-3-2-4-11(15(10)24-9)16(21)20-6-5-12-13(19-8-18-12)14(20)17(22)23/h2-4,7-8,14H,5-6H2,1H3,(H,18,19)(H,22,23)/t14-/m1/s1. The van der Waals surface area contributed by atoms with Crippen molar-refractivity contribution in [2.45, 2.75) is 19.4 Å². The third-order valence-corrected chi connectivity index (χ3v) is 4.32. The van der Waals surface area contributed by atoms with E-state index in [-0.39, 0.29) is 5.91 Å². The number of amides is 1. The Morgan fingerprint density at radius 2 is 2.25 bits per heavy atom. The van der Waals surface area contributed by atoms with Gasteiger partial charge in [-0.25, -0.2) is 9.78 Å². The Hall–Kier alpha value is -3.09. The van der Waals surface area contributed by atoms with Crippen LogP contribution in [-0.2, 0) is 11.2 Å². The Kier molecular flexibility index (Phi) is 3.16. The second kappa shape index (κ2) is 5.23. The molecule has 0 aliphatic carbocycles. The van der Waals surface area contributed by atoms with Gasteiger partial charge in [0.1, 0.15) is 11.3 Å². The summed E-state index contributed by atoms with van der Waals surface area (Å²) in [6.07, 6.45) is 2.00. The van der Waals surface area contributed by atoms with Crippen LogP contribution in [0.5, 0.6) is 0 Å². The second-order valence-electron chi connectivity index (χ2n) is 5.84. The molecule has 3 aromatic rings. The summed E-state index contributed by atoms with van der Waals surface area (Å²) in [4.78, 5) is 33.2. The van der Waals surface area contributed by atoms with Gasteiger partial charge in [0.2, 0.25) is 0 Å². The summed E-state index contributed by atoms with van der Waals surface area (Å²) in [5, 5.41) is 10.4. The van der Waals surface area contributed by atoms with Gasteiger partial charge in [0.05, 0.1) is 17.6 Å². The first-order valence-electron chi connectivity index (χ1n) is 7.61. The molecule has 0 unspecified atom stereocenters. The number of carbonyl (C=O) groups excluding carboxylic acids is 1. The summed E-state index contributed by atoms with van der Waals surface area (Å²) in [6.45, 7) is 2.12. The number of aliphatic carboxylic acids is 1. The van der Waals surface area contributed by atoms with Gasteiger partial charge < -0.3 is 19.4 Å². The van der Waals surface area contributed by atoms with Crippen molar-refractivity contribution >= 4 is 22.8 Å². The van der Waals surface area contributed by atoms with Crippen molar-refractivity contribution in [1.29, 1.82) is 0 Å². The molecule has 0 fully saturated rings. The van der Waals surface area contributed by atoms with Crippen LogP contribution in [0.15, 0.2) is 35.0 Å². The lowest BCUT2D eigenvalue weighted by Crippen LogP contribution is -2.43. The van der Waals surface area contributed by atoms with Gasteiger partial charge in [0.25, 0.3) is 5.91 Å². The molecule has 24 heavy (non-hydrogen) atoms. The number of aromatic nitrogens is 2. The van der Waals surface area contributed by atoms with E-state index in [1.807, 2.05) is 19.1 Å². The van der Waals surface area contributed by atoms with Crippen molar-refractivity contribution in [2.75, 3.05) is 6.54 Å². The minimum absolute atomic E-state index is 0.307. The molecule has 0 saturated carbocycles. The molecule has 0 spiro atoms. The van der Waals surface area contributed by atoms with Crippen molar-refractivity contribution in [2.24, 2.45) is 0 Å². The number of hydrogen-bond acceptors (Lipinski definition) is 4. The second-order valence-corrected chi connectivity index (χ2v) is 5.84. The topological polar surface area (TPSA) is 99.4 Å². The maximum Gasteiger partial charge on any atom is 0.332 e. The lowest BCUT2D eigenvalue weighted by molar-refractivity contribution is -0.143. The Balaban J connectivity index is 1.80. The highest BCUT2D eigenvalue weighted by molar-refractivity contribution is 6.06. The maximum absolute atomic E-state index is 13.0. The summed E-state index contributed by atoms with van der Waals surface area (Å²) in [5.41, 5.74) is 2.01. The fourth-order valence-electron chi connectivity index (χ4n) is 3.26. The minimum Gasteiger partial charge on any atom is -0.479 e. The van der Waals surface area contributed by atoms with Crippen LogP contribution < -0.4 is 0 Å². The number of nitrogens with one attached hydrogen (secondary N) is 1. The molecule has 2 aromatic heterocycles. The average Bonchev–Trinajstić information content (AvgIpc) is 3.17. The monoisotopic (exact) mass is 325 g/mol. The van der Waals surface area contributed by atoms with E-state index < -0.39 is 12.0 Å². The number of aromatic amines is 1. The van der Waals surface area contributed by atoms with E-state index in [1.165, 1.54) is 11.2 Å². The molecule has 0 radical (unpaired) electrons. The van der Waals surface area contributed by atoms with E-state index in [4.69, 9.17) is 4.42 Å². The highest BCUT2D eigenvalue weighted by atomic mass is 16.4. The molecule has 122 valence electrons. The lowest BCUT2D eigenvalue weighted by atomic mass is 10.0. The molecule has 7 heteroatoms. The van der Waals surface area contributed by atoms with E-state index in [2.05, 4.69) is 9.97 Å². The molecule has 1 aliphatic rings. The number of carboxylic acid groups (broad SMARTS) is 1. The Morgan fingerprint density at radius 3 is 3.04 bits per heavy atom. The fraction of sp³-hybridized carbons (Fsp3) is 0.235. The predicted octanol–water partition coefficient (Wildman–Crippen LogP) is 2.29. The van der Waals surface area contributed by atoms with Gasteiger partial charge in [0.15, 0.2) is 6.04 Å². The number of benzene rings is 1. The van der Waals surface area contributed by atoms with Crippen LogP contribution in [0.3, 0.4) is 0 Å². The first kappa shape index (κ1) is 14.5. The molecule has 1 aromatic carbocycles. The Morgan fingerprint density at radius 1 is 1.42 bits per heavy atom. The largest absolute Gasteiger partial charge is 0.479 e. The van der Waals surface area contributed by atoms with Crippen LogP contribution in [0.25, 0.3) is 11.0 Å². The van der Waals surface area contributed by atoms with Crippen molar-refractivity contribution in [3.8, 4) is 0 Å². The molecule has 1 atom stereocenters. The predicted molar refractivity (Wildman–Crippen MR) is 84.7 cm³/mol. The molecule has 4 rings (SSSR count). The molecule has 7 nitrogen and oxygen atoms in total. The third-order valence-electron chi connectivity index (χ3n) is 4.32. The number of carbonyl (C=O) groups is 2. The molecule has 2 N–H and O–H groups in total. The Labute approximate surface area is 136 Å². The number of imidazole rings is 1. The number of H-pyrrole nitrogens is 1. The minimum atomic E-state index is -1.10. The Bertz CT molecular complexity index is 956. The lowest BCUT2D eigenvalue weighted by Gasteiger charge is -2.32. The quantitative estimate of drug-likeness (QED) is 0.753. The molecule has 1 aliphatic heterocycles. The van der Waals surface area contributed by atoms with E-state index >= 15 is 0 Å². The first-order valence-corrected chi connectivity index (χ1v) is 7.61. The van der Waals surface area contributed by atoms with Crippen molar-refractivity contribution in [3.63, 3.8) is 0 Å². The number of aryl methyl sites for hydroxylation is 1.